The largest absolute Gasteiger partial charge is 0.417 e. The first-order valence-electron chi connectivity index (χ1n) is 4.93. The highest BCUT2D eigenvalue weighted by molar-refractivity contribution is 5.84. The molecule has 0 aromatic heterocycles. The highest BCUT2D eigenvalue weighted by Gasteiger charge is 2.37. The van der Waals surface area contributed by atoms with E-state index in [1.807, 2.05) is 5.43 Å². The van der Waals surface area contributed by atoms with E-state index in [4.69, 9.17) is 11.1 Å². The third kappa shape index (κ3) is 4.14. The topological polar surface area (TPSA) is 74.3 Å². The van der Waals surface area contributed by atoms with Crippen molar-refractivity contribution in [2.24, 2.45) is 10.8 Å². The summed E-state index contributed by atoms with van der Waals surface area (Å²) in [5.74, 6) is -0.623. The number of hydrogen-bond acceptors (Lipinski definition) is 2. The van der Waals surface area contributed by atoms with E-state index in [2.05, 4.69) is 5.10 Å². The number of nitrogens with one attached hydrogen (secondary N) is 2. The molecule has 0 unspecified atom stereocenters. The van der Waals surface area contributed by atoms with Crippen LogP contribution in [0.4, 0.5) is 26.3 Å². The van der Waals surface area contributed by atoms with Gasteiger partial charge in [-0.05, 0) is 12.1 Å². The molecule has 0 spiro atoms. The number of halogens is 6. The number of benzene rings is 1. The molecular weight excluding hydrogens is 290 g/mol. The van der Waals surface area contributed by atoms with E-state index in [1.165, 1.54) is 0 Å². The Morgan fingerprint density at radius 3 is 2.20 bits per heavy atom. The van der Waals surface area contributed by atoms with Crippen molar-refractivity contribution in [3.05, 3.63) is 34.9 Å². The summed E-state index contributed by atoms with van der Waals surface area (Å²) >= 11 is 0. The van der Waals surface area contributed by atoms with Gasteiger partial charge >= 0.3 is 12.4 Å². The average Bonchev–Trinajstić information content (AvgIpc) is 2.25. The molecule has 4 nitrogen and oxygen atoms in total. The van der Waals surface area contributed by atoms with Gasteiger partial charge in [0.1, 0.15) is 0 Å². The predicted molar refractivity (Wildman–Crippen MR) is 59.1 cm³/mol. The minimum Gasteiger partial charge on any atom is -0.369 e. The molecule has 1 rings (SSSR count). The Balaban J connectivity index is 3.25. The molecule has 1 aromatic carbocycles. The smallest absolute Gasteiger partial charge is 0.369 e. The predicted octanol–water partition coefficient (Wildman–Crippen LogP) is 2.54. The molecule has 0 amide bonds. The molecule has 1 aromatic rings. The zero-order valence-corrected chi connectivity index (χ0v) is 9.60. The SMILES string of the molecule is N=C(N)N/N=C/c1ccc(C(F)(F)F)cc1C(F)(F)F. The Kier molecular flexibility index (Phi) is 4.26. The van der Waals surface area contributed by atoms with Crippen LogP contribution in [-0.4, -0.2) is 12.2 Å². The van der Waals surface area contributed by atoms with Gasteiger partial charge in [0.15, 0.2) is 0 Å². The molecule has 0 heterocycles. The molecule has 0 fully saturated rings. The zero-order chi connectivity index (χ0) is 15.6. The second-order valence-electron chi connectivity index (χ2n) is 3.58. The van der Waals surface area contributed by atoms with E-state index in [0.717, 1.165) is 0 Å². The molecule has 4 N–H and O–H groups in total. The third-order valence-electron chi connectivity index (χ3n) is 2.07. The lowest BCUT2D eigenvalue weighted by molar-refractivity contribution is -0.143. The molecule has 10 heteroatoms. The van der Waals surface area contributed by atoms with Crippen LogP contribution in [0.5, 0.6) is 0 Å². The van der Waals surface area contributed by atoms with Crippen LogP contribution < -0.4 is 11.2 Å². The third-order valence-corrected chi connectivity index (χ3v) is 2.07. The maximum atomic E-state index is 12.7. The highest BCUT2D eigenvalue weighted by atomic mass is 19.4. The first kappa shape index (κ1) is 15.8. The summed E-state index contributed by atoms with van der Waals surface area (Å²) < 4.78 is 75.2. The summed E-state index contributed by atoms with van der Waals surface area (Å²) in [5, 5.41) is 9.94. The van der Waals surface area contributed by atoms with E-state index in [-0.39, 0.29) is 6.07 Å². The van der Waals surface area contributed by atoms with Crippen LogP contribution >= 0.6 is 0 Å². The molecule has 110 valence electrons. The summed E-state index contributed by atoms with van der Waals surface area (Å²) in [4.78, 5) is 0. The second kappa shape index (κ2) is 5.39. The van der Waals surface area contributed by atoms with Gasteiger partial charge in [0.05, 0.1) is 17.3 Å². The van der Waals surface area contributed by atoms with Crippen LogP contribution in [0.1, 0.15) is 16.7 Å². The van der Waals surface area contributed by atoms with Crippen molar-refractivity contribution in [3.63, 3.8) is 0 Å². The molecule has 20 heavy (non-hydrogen) atoms. The Morgan fingerprint density at radius 2 is 1.75 bits per heavy atom. The summed E-state index contributed by atoms with van der Waals surface area (Å²) in [6.07, 6.45) is -9.23. The van der Waals surface area contributed by atoms with Crippen LogP contribution in [0.25, 0.3) is 0 Å². The monoisotopic (exact) mass is 298 g/mol. The van der Waals surface area contributed by atoms with Crippen molar-refractivity contribution in [2.45, 2.75) is 12.4 Å². The normalized spacial score (nSPS) is 12.7. The lowest BCUT2D eigenvalue weighted by Crippen LogP contribution is -2.25. The number of nitrogens with two attached hydrogens (primary N) is 1. The van der Waals surface area contributed by atoms with E-state index < -0.39 is 35.0 Å². The minimum absolute atomic E-state index is 0.00484. The lowest BCUT2D eigenvalue weighted by Gasteiger charge is -2.13. The van der Waals surface area contributed by atoms with Gasteiger partial charge < -0.3 is 5.73 Å². The number of hydrazone groups is 1. The average molecular weight is 298 g/mol. The van der Waals surface area contributed by atoms with Crippen molar-refractivity contribution in [1.29, 1.82) is 5.41 Å². The summed E-state index contributed by atoms with van der Waals surface area (Å²) in [7, 11) is 0. The van der Waals surface area contributed by atoms with E-state index in [0.29, 0.717) is 18.3 Å². The first-order chi connectivity index (χ1) is 9.01. The fourth-order valence-corrected chi connectivity index (χ4v) is 1.26. The van der Waals surface area contributed by atoms with Crippen molar-refractivity contribution < 1.29 is 26.3 Å². The maximum Gasteiger partial charge on any atom is 0.417 e. The number of hydrogen-bond donors (Lipinski definition) is 3. The molecule has 0 aliphatic carbocycles. The fourth-order valence-electron chi connectivity index (χ4n) is 1.26. The number of nitrogens with zero attached hydrogens (tertiary/aromatic N) is 1. The van der Waals surface area contributed by atoms with E-state index in [1.54, 1.807) is 0 Å². The molecule has 0 saturated carbocycles. The van der Waals surface area contributed by atoms with Crippen molar-refractivity contribution >= 4 is 12.2 Å². The molecule has 0 bridgehead atoms. The van der Waals surface area contributed by atoms with Gasteiger partial charge in [0, 0.05) is 5.56 Å². The van der Waals surface area contributed by atoms with Gasteiger partial charge in [-0.1, -0.05) is 6.07 Å². The summed E-state index contributed by atoms with van der Waals surface area (Å²) in [6, 6.07) is 1.14. The number of rotatable bonds is 2. The Labute approximate surface area is 108 Å². The standard InChI is InChI=1S/C10H8F6N4/c11-9(12,13)6-2-1-5(4-19-20-8(17)18)7(3-6)10(14,15)16/h1-4H,(H4,17,18,20)/b19-4+. The Hall–Kier alpha value is -2.26. The summed E-state index contributed by atoms with van der Waals surface area (Å²) in [6.45, 7) is 0. The fraction of sp³-hybridized carbons (Fsp3) is 0.200. The van der Waals surface area contributed by atoms with Crippen LogP contribution in [0.3, 0.4) is 0 Å². The van der Waals surface area contributed by atoms with Crippen LogP contribution in [0.15, 0.2) is 23.3 Å². The maximum absolute atomic E-state index is 12.7. The molecule has 0 atom stereocenters. The lowest BCUT2D eigenvalue weighted by atomic mass is 10.0. The van der Waals surface area contributed by atoms with E-state index in [9.17, 15) is 26.3 Å². The Bertz CT molecular complexity index is 532. The molecule has 0 aliphatic heterocycles. The number of guanidine groups is 1. The van der Waals surface area contributed by atoms with Crippen molar-refractivity contribution in [1.82, 2.24) is 5.43 Å². The minimum atomic E-state index is -4.97. The van der Waals surface area contributed by atoms with Gasteiger partial charge in [-0.2, -0.15) is 31.4 Å². The van der Waals surface area contributed by atoms with Crippen LogP contribution in [0, 0.1) is 5.41 Å². The van der Waals surface area contributed by atoms with Crippen molar-refractivity contribution in [3.8, 4) is 0 Å². The van der Waals surface area contributed by atoms with Crippen LogP contribution in [0.2, 0.25) is 0 Å². The van der Waals surface area contributed by atoms with Crippen molar-refractivity contribution in [2.75, 3.05) is 0 Å². The van der Waals surface area contributed by atoms with E-state index >= 15 is 0 Å². The quantitative estimate of drug-likeness (QED) is 0.340. The Morgan fingerprint density at radius 1 is 1.15 bits per heavy atom. The van der Waals surface area contributed by atoms with Gasteiger partial charge in [-0.15, -0.1) is 0 Å². The molecular formula is C10H8F6N4. The number of alkyl halides is 6. The second-order valence-corrected chi connectivity index (χ2v) is 3.58. The first-order valence-corrected chi connectivity index (χ1v) is 4.93. The molecule has 0 radical (unpaired) electrons. The van der Waals surface area contributed by atoms with Gasteiger partial charge in [-0.25, -0.2) is 5.43 Å². The van der Waals surface area contributed by atoms with Gasteiger partial charge in [-0.3, -0.25) is 5.41 Å². The summed E-state index contributed by atoms with van der Waals surface area (Å²) in [5.41, 5.74) is 3.22. The van der Waals surface area contributed by atoms with Crippen LogP contribution in [-0.2, 0) is 12.4 Å². The van der Waals surface area contributed by atoms with Gasteiger partial charge in [0.25, 0.3) is 0 Å². The molecule has 0 saturated heterocycles. The zero-order valence-electron chi connectivity index (χ0n) is 9.60. The highest BCUT2D eigenvalue weighted by Crippen LogP contribution is 2.36. The van der Waals surface area contributed by atoms with Gasteiger partial charge in [0.2, 0.25) is 5.96 Å². The molecule has 0 aliphatic rings.